The third kappa shape index (κ3) is 2.87. The molecule has 7 heteroatoms. The highest BCUT2D eigenvalue weighted by Gasteiger charge is 2.15. The number of aryl methyl sites for hydroxylation is 2. The zero-order valence-corrected chi connectivity index (χ0v) is 11.2. The number of nitrogens with zero attached hydrogens (tertiary/aromatic N) is 4. The maximum absolute atomic E-state index is 11.8. The van der Waals surface area contributed by atoms with Crippen molar-refractivity contribution in [2.45, 2.75) is 33.3 Å². The SMILES string of the molecule is CCC(O)CNC(=O)c1nc2nc(C)cc(C)n2n1. The summed E-state index contributed by atoms with van der Waals surface area (Å²) in [6.07, 6.45) is 0.0294. The number of nitrogens with one attached hydrogen (secondary N) is 1. The lowest BCUT2D eigenvalue weighted by Crippen LogP contribution is -2.32. The Morgan fingerprint density at radius 2 is 2.21 bits per heavy atom. The van der Waals surface area contributed by atoms with E-state index in [1.807, 2.05) is 26.8 Å². The first-order valence-electron chi connectivity index (χ1n) is 6.18. The monoisotopic (exact) mass is 263 g/mol. The highest BCUT2D eigenvalue weighted by atomic mass is 16.3. The van der Waals surface area contributed by atoms with Gasteiger partial charge < -0.3 is 10.4 Å². The molecule has 2 aromatic heterocycles. The van der Waals surface area contributed by atoms with Crippen molar-refractivity contribution in [2.24, 2.45) is 0 Å². The third-order valence-corrected chi connectivity index (χ3v) is 2.79. The molecule has 1 atom stereocenters. The summed E-state index contributed by atoms with van der Waals surface area (Å²) >= 11 is 0. The number of hydrogen-bond acceptors (Lipinski definition) is 5. The second kappa shape index (κ2) is 5.31. The fraction of sp³-hybridized carbons (Fsp3) is 0.500. The van der Waals surface area contributed by atoms with Crippen LogP contribution in [0, 0.1) is 13.8 Å². The summed E-state index contributed by atoms with van der Waals surface area (Å²) in [6, 6.07) is 1.87. The molecular formula is C12H17N5O2. The summed E-state index contributed by atoms with van der Waals surface area (Å²) in [4.78, 5) is 20.1. The Hall–Kier alpha value is -2.02. The molecule has 0 fully saturated rings. The first kappa shape index (κ1) is 13.4. The van der Waals surface area contributed by atoms with E-state index in [1.165, 1.54) is 4.52 Å². The molecule has 2 N–H and O–H groups in total. The molecular weight excluding hydrogens is 246 g/mol. The van der Waals surface area contributed by atoms with Gasteiger partial charge in [-0.25, -0.2) is 9.50 Å². The summed E-state index contributed by atoms with van der Waals surface area (Å²) in [7, 11) is 0. The van der Waals surface area contributed by atoms with Gasteiger partial charge in [-0.05, 0) is 26.3 Å². The molecule has 2 aromatic rings. The van der Waals surface area contributed by atoms with Gasteiger partial charge in [-0.2, -0.15) is 4.98 Å². The number of rotatable bonds is 4. The number of aliphatic hydroxyl groups is 1. The number of carbonyl (C=O) groups excluding carboxylic acids is 1. The molecule has 2 rings (SSSR count). The van der Waals surface area contributed by atoms with Crippen molar-refractivity contribution < 1.29 is 9.90 Å². The predicted octanol–water partition coefficient (Wildman–Crippen LogP) is 0.242. The Labute approximate surface area is 110 Å². The van der Waals surface area contributed by atoms with Gasteiger partial charge in [-0.15, -0.1) is 5.10 Å². The average Bonchev–Trinajstić information content (AvgIpc) is 2.79. The minimum Gasteiger partial charge on any atom is -0.391 e. The Bertz CT molecular complexity index is 607. The van der Waals surface area contributed by atoms with E-state index in [4.69, 9.17) is 0 Å². The molecule has 102 valence electrons. The van der Waals surface area contributed by atoms with Crippen LogP contribution in [0.4, 0.5) is 0 Å². The van der Waals surface area contributed by atoms with E-state index in [1.54, 1.807) is 0 Å². The number of aromatic nitrogens is 4. The Morgan fingerprint density at radius 1 is 1.47 bits per heavy atom. The van der Waals surface area contributed by atoms with Crippen LogP contribution in [0.25, 0.3) is 5.78 Å². The van der Waals surface area contributed by atoms with Gasteiger partial charge in [0.25, 0.3) is 11.7 Å². The standard InChI is InChI=1S/C12H17N5O2/c1-4-9(18)6-13-11(19)10-15-12-14-7(2)5-8(3)17(12)16-10/h5,9,18H,4,6H2,1-3H3,(H,13,19). The molecule has 0 radical (unpaired) electrons. The fourth-order valence-electron chi connectivity index (χ4n) is 1.70. The number of fused-ring (bicyclic) bond motifs is 1. The van der Waals surface area contributed by atoms with Crippen LogP contribution in [0.5, 0.6) is 0 Å². The van der Waals surface area contributed by atoms with Crippen LogP contribution in [-0.4, -0.2) is 43.2 Å². The second-order valence-corrected chi connectivity index (χ2v) is 4.46. The molecule has 7 nitrogen and oxygen atoms in total. The van der Waals surface area contributed by atoms with Crippen LogP contribution in [0.2, 0.25) is 0 Å². The highest BCUT2D eigenvalue weighted by molar-refractivity contribution is 5.90. The van der Waals surface area contributed by atoms with Crippen molar-refractivity contribution in [3.05, 3.63) is 23.3 Å². The molecule has 0 spiro atoms. The minimum atomic E-state index is -0.553. The van der Waals surface area contributed by atoms with Gasteiger partial charge in [0.2, 0.25) is 5.82 Å². The van der Waals surface area contributed by atoms with E-state index >= 15 is 0 Å². The van der Waals surface area contributed by atoms with Crippen molar-refractivity contribution in [3.8, 4) is 0 Å². The number of carbonyl (C=O) groups is 1. The van der Waals surface area contributed by atoms with E-state index in [-0.39, 0.29) is 12.4 Å². The Kier molecular flexibility index (Phi) is 3.75. The van der Waals surface area contributed by atoms with Gasteiger partial charge in [-0.1, -0.05) is 6.92 Å². The second-order valence-electron chi connectivity index (χ2n) is 4.46. The molecule has 0 aliphatic rings. The van der Waals surface area contributed by atoms with Crippen LogP contribution < -0.4 is 5.32 Å². The lowest BCUT2D eigenvalue weighted by Gasteiger charge is -2.07. The molecule has 0 aromatic carbocycles. The third-order valence-electron chi connectivity index (χ3n) is 2.79. The topological polar surface area (TPSA) is 92.4 Å². The predicted molar refractivity (Wildman–Crippen MR) is 68.9 cm³/mol. The summed E-state index contributed by atoms with van der Waals surface area (Å²) in [5.41, 5.74) is 1.69. The number of aliphatic hydroxyl groups excluding tert-OH is 1. The van der Waals surface area contributed by atoms with Gasteiger partial charge in [0.15, 0.2) is 0 Å². The van der Waals surface area contributed by atoms with Crippen LogP contribution >= 0.6 is 0 Å². The van der Waals surface area contributed by atoms with E-state index in [2.05, 4.69) is 20.4 Å². The Balaban J connectivity index is 2.21. The maximum atomic E-state index is 11.8. The van der Waals surface area contributed by atoms with Crippen molar-refractivity contribution in [1.82, 2.24) is 24.9 Å². The van der Waals surface area contributed by atoms with Gasteiger partial charge >= 0.3 is 0 Å². The van der Waals surface area contributed by atoms with Crippen molar-refractivity contribution in [3.63, 3.8) is 0 Å². The zero-order chi connectivity index (χ0) is 14.0. The molecule has 1 amide bonds. The molecule has 0 saturated carbocycles. The van der Waals surface area contributed by atoms with E-state index in [9.17, 15) is 9.90 Å². The molecule has 1 unspecified atom stereocenters. The normalized spacial score (nSPS) is 12.6. The number of amides is 1. The Morgan fingerprint density at radius 3 is 2.89 bits per heavy atom. The summed E-state index contributed by atoms with van der Waals surface area (Å²) in [5, 5.41) is 16.1. The van der Waals surface area contributed by atoms with Gasteiger partial charge in [0.05, 0.1) is 6.10 Å². The minimum absolute atomic E-state index is 0.0597. The van der Waals surface area contributed by atoms with E-state index in [0.717, 1.165) is 11.4 Å². The molecule has 0 aliphatic carbocycles. The first-order valence-corrected chi connectivity index (χ1v) is 6.18. The van der Waals surface area contributed by atoms with Crippen molar-refractivity contribution >= 4 is 11.7 Å². The van der Waals surface area contributed by atoms with Crippen LogP contribution in [-0.2, 0) is 0 Å². The first-order chi connectivity index (χ1) is 9.01. The molecule has 0 aliphatic heterocycles. The lowest BCUT2D eigenvalue weighted by atomic mass is 10.3. The largest absolute Gasteiger partial charge is 0.391 e. The van der Waals surface area contributed by atoms with Crippen LogP contribution in [0.1, 0.15) is 35.4 Å². The molecule has 0 bridgehead atoms. The zero-order valence-electron chi connectivity index (χ0n) is 11.2. The summed E-state index contributed by atoms with van der Waals surface area (Å²) < 4.78 is 1.53. The lowest BCUT2D eigenvalue weighted by molar-refractivity contribution is 0.0904. The fourth-order valence-corrected chi connectivity index (χ4v) is 1.70. The highest BCUT2D eigenvalue weighted by Crippen LogP contribution is 2.05. The van der Waals surface area contributed by atoms with E-state index in [0.29, 0.717) is 12.2 Å². The quantitative estimate of drug-likeness (QED) is 0.824. The van der Waals surface area contributed by atoms with Crippen LogP contribution in [0.3, 0.4) is 0 Å². The van der Waals surface area contributed by atoms with Gasteiger partial charge in [0, 0.05) is 17.9 Å². The molecule has 19 heavy (non-hydrogen) atoms. The number of hydrogen-bond donors (Lipinski definition) is 2. The van der Waals surface area contributed by atoms with E-state index < -0.39 is 12.0 Å². The summed E-state index contributed by atoms with van der Waals surface area (Å²) in [5.74, 6) is 0.0539. The molecule has 2 heterocycles. The van der Waals surface area contributed by atoms with Gasteiger partial charge in [0.1, 0.15) is 0 Å². The smallest absolute Gasteiger partial charge is 0.291 e. The van der Waals surface area contributed by atoms with Crippen LogP contribution in [0.15, 0.2) is 6.07 Å². The average molecular weight is 263 g/mol. The van der Waals surface area contributed by atoms with Crippen molar-refractivity contribution in [2.75, 3.05) is 6.54 Å². The summed E-state index contributed by atoms with van der Waals surface area (Å²) in [6.45, 7) is 5.77. The maximum Gasteiger partial charge on any atom is 0.291 e. The van der Waals surface area contributed by atoms with Gasteiger partial charge in [-0.3, -0.25) is 4.79 Å². The van der Waals surface area contributed by atoms with Crippen molar-refractivity contribution in [1.29, 1.82) is 0 Å². The molecule has 0 saturated heterocycles.